The largest absolute Gasteiger partial charge is 0.466 e. The van der Waals surface area contributed by atoms with Crippen molar-refractivity contribution in [2.75, 3.05) is 18.6 Å². The van der Waals surface area contributed by atoms with Crippen LogP contribution in [0.3, 0.4) is 0 Å². The zero-order chi connectivity index (χ0) is 24.3. The first-order valence-electron chi connectivity index (χ1n) is 11.5. The zero-order valence-corrected chi connectivity index (χ0v) is 20.0. The summed E-state index contributed by atoms with van der Waals surface area (Å²) < 4.78 is 4.66. The maximum atomic E-state index is 13.0. The minimum Gasteiger partial charge on any atom is -0.466 e. The van der Waals surface area contributed by atoms with Crippen molar-refractivity contribution in [2.45, 2.75) is 20.3 Å². The van der Waals surface area contributed by atoms with E-state index in [1.54, 1.807) is 6.08 Å². The van der Waals surface area contributed by atoms with Gasteiger partial charge < -0.3 is 9.64 Å². The predicted octanol–water partition coefficient (Wildman–Crippen LogP) is 6.27. The molecule has 0 N–H and O–H groups in total. The van der Waals surface area contributed by atoms with Gasteiger partial charge in [0.1, 0.15) is 0 Å². The van der Waals surface area contributed by atoms with E-state index in [2.05, 4.69) is 53.3 Å². The van der Waals surface area contributed by atoms with Crippen molar-refractivity contribution in [2.24, 2.45) is 5.92 Å². The van der Waals surface area contributed by atoms with E-state index in [0.717, 1.165) is 28.8 Å². The monoisotopic (exact) mass is 453 g/mol. The molecular weight excluding hydrogens is 422 g/mol. The minimum atomic E-state index is -0.414. The van der Waals surface area contributed by atoms with Crippen LogP contribution in [-0.2, 0) is 20.7 Å². The number of amides is 1. The summed E-state index contributed by atoms with van der Waals surface area (Å²) in [7, 11) is 1.35. The Bertz CT molecular complexity index is 1150. The quantitative estimate of drug-likeness (QED) is 0.218. The fraction of sp³-hybridized carbons (Fsp3) is 0.200. The van der Waals surface area contributed by atoms with Crippen molar-refractivity contribution in [3.05, 3.63) is 107 Å². The molecule has 0 heterocycles. The van der Waals surface area contributed by atoms with Crippen LogP contribution in [-0.4, -0.2) is 25.5 Å². The van der Waals surface area contributed by atoms with Crippen LogP contribution in [0.1, 0.15) is 36.1 Å². The number of hydrogen-bond donors (Lipinski definition) is 0. The van der Waals surface area contributed by atoms with Gasteiger partial charge in [-0.15, -0.1) is 0 Å². The number of methoxy groups -OCH3 is 1. The first kappa shape index (κ1) is 24.7. The van der Waals surface area contributed by atoms with E-state index in [9.17, 15) is 9.59 Å². The molecular formula is C30H31NO3. The molecule has 4 nitrogen and oxygen atoms in total. The number of nitrogens with zero attached hydrogens (tertiary/aromatic N) is 1. The van der Waals surface area contributed by atoms with Gasteiger partial charge in [0.15, 0.2) is 0 Å². The number of hydrogen-bond acceptors (Lipinski definition) is 3. The summed E-state index contributed by atoms with van der Waals surface area (Å²) in [6.45, 7) is 4.38. The van der Waals surface area contributed by atoms with Crippen LogP contribution in [0.25, 0.3) is 18.2 Å². The van der Waals surface area contributed by atoms with Crippen LogP contribution < -0.4 is 4.90 Å². The van der Waals surface area contributed by atoms with Gasteiger partial charge in [0, 0.05) is 24.2 Å². The SMILES string of the molecule is COC(=O)/C=C/c1cccc(N(CCc2ccc(/C=C/c3ccccc3)cc2)C(=O)C(C)C)c1. The lowest BCUT2D eigenvalue weighted by molar-refractivity contribution is -0.134. The third kappa shape index (κ3) is 7.31. The second-order valence-corrected chi connectivity index (χ2v) is 8.33. The number of ether oxygens (including phenoxy) is 1. The molecule has 0 atom stereocenters. The molecule has 174 valence electrons. The molecule has 1 amide bonds. The standard InChI is InChI=1S/C30H31NO3/c1-23(2)30(33)31(28-11-7-10-27(22-28)18-19-29(32)34-3)21-20-26-16-14-25(15-17-26)13-12-24-8-5-4-6-9-24/h4-19,22-23H,20-21H2,1-3H3/b13-12+,19-18+. The number of anilines is 1. The maximum absolute atomic E-state index is 13.0. The Labute approximate surface area is 202 Å². The zero-order valence-electron chi connectivity index (χ0n) is 20.0. The minimum absolute atomic E-state index is 0.0662. The molecule has 34 heavy (non-hydrogen) atoms. The summed E-state index contributed by atoms with van der Waals surface area (Å²) in [5, 5.41) is 0. The highest BCUT2D eigenvalue weighted by Crippen LogP contribution is 2.21. The molecule has 0 fully saturated rings. The Morgan fingerprint density at radius 1 is 0.824 bits per heavy atom. The summed E-state index contributed by atoms with van der Waals surface area (Å²) in [6.07, 6.45) is 8.00. The van der Waals surface area contributed by atoms with Gasteiger partial charge in [-0.25, -0.2) is 4.79 Å². The van der Waals surface area contributed by atoms with Crippen LogP contribution in [0.5, 0.6) is 0 Å². The third-order valence-electron chi connectivity index (χ3n) is 5.43. The lowest BCUT2D eigenvalue weighted by Gasteiger charge is -2.25. The first-order chi connectivity index (χ1) is 16.5. The van der Waals surface area contributed by atoms with Crippen molar-refractivity contribution >= 4 is 35.8 Å². The molecule has 0 radical (unpaired) electrons. The predicted molar refractivity (Wildman–Crippen MR) is 140 cm³/mol. The molecule has 0 aromatic heterocycles. The van der Waals surface area contributed by atoms with Crippen LogP contribution in [0, 0.1) is 5.92 Å². The molecule has 0 aliphatic rings. The molecule has 0 aliphatic heterocycles. The van der Waals surface area contributed by atoms with Gasteiger partial charge in [-0.1, -0.05) is 92.7 Å². The van der Waals surface area contributed by atoms with Gasteiger partial charge in [0.05, 0.1) is 7.11 Å². The molecule has 3 aromatic carbocycles. The lowest BCUT2D eigenvalue weighted by atomic mass is 10.1. The highest BCUT2D eigenvalue weighted by molar-refractivity contribution is 5.95. The van der Waals surface area contributed by atoms with E-state index >= 15 is 0 Å². The molecule has 0 aliphatic carbocycles. The fourth-order valence-corrected chi connectivity index (χ4v) is 3.50. The van der Waals surface area contributed by atoms with Gasteiger partial charge in [0.2, 0.25) is 5.91 Å². The fourth-order valence-electron chi connectivity index (χ4n) is 3.50. The van der Waals surface area contributed by atoms with Crippen molar-refractivity contribution in [3.63, 3.8) is 0 Å². The summed E-state index contributed by atoms with van der Waals surface area (Å²) in [4.78, 5) is 26.2. The molecule has 0 bridgehead atoms. The van der Waals surface area contributed by atoms with E-state index in [-0.39, 0.29) is 11.8 Å². The van der Waals surface area contributed by atoms with Crippen molar-refractivity contribution in [1.29, 1.82) is 0 Å². The molecule has 0 saturated carbocycles. The van der Waals surface area contributed by atoms with Crippen LogP contribution in [0.2, 0.25) is 0 Å². The third-order valence-corrected chi connectivity index (χ3v) is 5.43. The number of esters is 1. The molecule has 4 heteroatoms. The maximum Gasteiger partial charge on any atom is 0.330 e. The summed E-state index contributed by atoms with van der Waals surface area (Å²) in [5.74, 6) is -0.473. The van der Waals surface area contributed by atoms with Gasteiger partial charge >= 0.3 is 5.97 Å². The van der Waals surface area contributed by atoms with Crippen molar-refractivity contribution in [3.8, 4) is 0 Å². The number of rotatable bonds is 9. The lowest BCUT2D eigenvalue weighted by Crippen LogP contribution is -2.36. The second-order valence-electron chi connectivity index (χ2n) is 8.33. The van der Waals surface area contributed by atoms with Gasteiger partial charge in [-0.05, 0) is 46.9 Å². The molecule has 3 aromatic rings. The summed E-state index contributed by atoms with van der Waals surface area (Å²) >= 11 is 0. The second kappa shape index (κ2) is 12.4. The number of carbonyl (C=O) groups excluding carboxylic acids is 2. The van der Waals surface area contributed by atoms with E-state index < -0.39 is 5.97 Å². The van der Waals surface area contributed by atoms with Gasteiger partial charge in [-0.3, -0.25) is 4.79 Å². The Morgan fingerprint density at radius 2 is 1.47 bits per heavy atom. The van der Waals surface area contributed by atoms with Gasteiger partial charge in [-0.2, -0.15) is 0 Å². The smallest absolute Gasteiger partial charge is 0.330 e. The van der Waals surface area contributed by atoms with Crippen LogP contribution >= 0.6 is 0 Å². The average Bonchev–Trinajstić information content (AvgIpc) is 2.87. The van der Waals surface area contributed by atoms with E-state index in [1.807, 2.05) is 61.2 Å². The van der Waals surface area contributed by atoms with Gasteiger partial charge in [0.25, 0.3) is 0 Å². The summed E-state index contributed by atoms with van der Waals surface area (Å²) in [6, 6.07) is 26.2. The van der Waals surface area contributed by atoms with Crippen molar-refractivity contribution in [1.82, 2.24) is 0 Å². The summed E-state index contributed by atoms with van der Waals surface area (Å²) in [5.41, 5.74) is 5.11. The number of carbonyl (C=O) groups is 2. The van der Waals surface area contributed by atoms with E-state index in [4.69, 9.17) is 0 Å². The molecule has 3 rings (SSSR count). The van der Waals surface area contributed by atoms with Crippen molar-refractivity contribution < 1.29 is 14.3 Å². The average molecular weight is 454 g/mol. The Hall–Kier alpha value is -3.92. The molecule has 0 unspecified atom stereocenters. The Morgan fingerprint density at radius 3 is 2.12 bits per heavy atom. The highest BCUT2D eigenvalue weighted by Gasteiger charge is 2.19. The Balaban J connectivity index is 1.71. The van der Waals surface area contributed by atoms with Crippen LogP contribution in [0.4, 0.5) is 5.69 Å². The molecule has 0 spiro atoms. The van der Waals surface area contributed by atoms with E-state index in [0.29, 0.717) is 6.54 Å². The first-order valence-corrected chi connectivity index (χ1v) is 11.5. The Kier molecular flexibility index (Phi) is 8.98. The molecule has 0 saturated heterocycles. The highest BCUT2D eigenvalue weighted by atomic mass is 16.5. The van der Waals surface area contributed by atoms with Crippen LogP contribution in [0.15, 0.2) is 84.9 Å². The normalized spacial score (nSPS) is 11.3. The number of benzene rings is 3. The topological polar surface area (TPSA) is 46.6 Å². The van der Waals surface area contributed by atoms with E-state index in [1.165, 1.54) is 18.7 Å².